The maximum atomic E-state index is 3.76. The third kappa shape index (κ3) is 4.22. The minimum Gasteiger partial charge on any atom is -0.354 e. The first-order chi connectivity index (χ1) is 11.7. The number of anilines is 2. The Bertz CT molecular complexity index is 612. The fraction of sp³-hybridized carbons (Fsp3) is 0.455. The van der Waals surface area contributed by atoms with Gasteiger partial charge in [-0.3, -0.25) is 0 Å². The number of hydrogen-bond donors (Lipinski definition) is 1. The van der Waals surface area contributed by atoms with Crippen molar-refractivity contribution < 1.29 is 0 Å². The third-order valence-electron chi connectivity index (χ3n) is 5.11. The van der Waals surface area contributed by atoms with Gasteiger partial charge in [-0.1, -0.05) is 58.0 Å². The first kappa shape index (κ1) is 19.1. The number of halogens is 1. The smallest absolute Gasteiger partial charge is 0.0528 e. The zero-order valence-corrected chi connectivity index (χ0v) is 17.0. The van der Waals surface area contributed by atoms with Gasteiger partial charge in [-0.15, -0.1) is 0 Å². The van der Waals surface area contributed by atoms with Crippen molar-refractivity contribution in [1.29, 1.82) is 0 Å². The van der Waals surface area contributed by atoms with Crippen LogP contribution in [0.4, 0.5) is 11.4 Å². The molecule has 0 unspecified atom stereocenters. The lowest BCUT2D eigenvalue weighted by Gasteiger charge is -2.25. The van der Waals surface area contributed by atoms with Crippen LogP contribution in [0.15, 0.2) is 46.9 Å². The first-order valence-corrected chi connectivity index (χ1v) is 10.1. The SMILES string of the molecule is CCC(CC)c1cccc(C(CC)CC)c1Nc1ccccc1Br. The van der Waals surface area contributed by atoms with Crippen molar-refractivity contribution in [3.63, 3.8) is 0 Å². The van der Waals surface area contributed by atoms with Crippen LogP contribution in [-0.4, -0.2) is 0 Å². The van der Waals surface area contributed by atoms with Gasteiger partial charge in [0.1, 0.15) is 0 Å². The first-order valence-electron chi connectivity index (χ1n) is 9.30. The Morgan fingerprint density at radius 2 is 1.25 bits per heavy atom. The van der Waals surface area contributed by atoms with Gasteiger partial charge in [0.2, 0.25) is 0 Å². The summed E-state index contributed by atoms with van der Waals surface area (Å²) in [7, 11) is 0. The van der Waals surface area contributed by atoms with Crippen LogP contribution in [0, 0.1) is 0 Å². The fourth-order valence-corrected chi connectivity index (χ4v) is 3.95. The molecular weight excluding hydrogens is 358 g/mol. The highest BCUT2D eigenvalue weighted by Crippen LogP contribution is 2.40. The Labute approximate surface area is 156 Å². The molecule has 0 spiro atoms. The van der Waals surface area contributed by atoms with Crippen molar-refractivity contribution in [1.82, 2.24) is 0 Å². The van der Waals surface area contributed by atoms with Crippen LogP contribution >= 0.6 is 15.9 Å². The molecule has 0 heterocycles. The molecule has 130 valence electrons. The molecule has 0 aliphatic heterocycles. The molecule has 1 N–H and O–H groups in total. The lowest BCUT2D eigenvalue weighted by molar-refractivity contribution is 0.627. The Morgan fingerprint density at radius 3 is 1.71 bits per heavy atom. The van der Waals surface area contributed by atoms with Gasteiger partial charge in [-0.25, -0.2) is 0 Å². The Balaban J connectivity index is 2.56. The van der Waals surface area contributed by atoms with Crippen molar-refractivity contribution in [3.05, 3.63) is 58.1 Å². The van der Waals surface area contributed by atoms with Gasteiger partial charge >= 0.3 is 0 Å². The second kappa shape index (κ2) is 9.27. The van der Waals surface area contributed by atoms with Gasteiger partial charge < -0.3 is 5.32 Å². The van der Waals surface area contributed by atoms with Crippen LogP contribution in [0.3, 0.4) is 0 Å². The summed E-state index contributed by atoms with van der Waals surface area (Å²) in [4.78, 5) is 0. The van der Waals surface area contributed by atoms with Gasteiger partial charge in [0.05, 0.1) is 5.69 Å². The van der Waals surface area contributed by atoms with Crippen molar-refractivity contribution >= 4 is 27.3 Å². The van der Waals surface area contributed by atoms with E-state index in [2.05, 4.69) is 91.4 Å². The Kier molecular flexibility index (Phi) is 7.36. The van der Waals surface area contributed by atoms with Crippen molar-refractivity contribution in [2.45, 2.75) is 65.2 Å². The molecule has 2 aromatic rings. The molecule has 0 amide bonds. The standard InChI is InChI=1S/C22H30BrN/c1-5-16(6-2)18-12-11-13-19(17(7-3)8-4)22(18)24-21-15-10-9-14-20(21)23/h9-17,24H,5-8H2,1-4H3. The predicted octanol–water partition coefficient (Wildman–Crippen LogP) is 8.00. The van der Waals surface area contributed by atoms with E-state index < -0.39 is 0 Å². The maximum absolute atomic E-state index is 3.76. The van der Waals surface area contributed by atoms with E-state index in [0.29, 0.717) is 11.8 Å². The van der Waals surface area contributed by atoms with Gasteiger partial charge in [0, 0.05) is 10.2 Å². The lowest BCUT2D eigenvalue weighted by Crippen LogP contribution is -2.08. The van der Waals surface area contributed by atoms with Crippen LogP contribution in [0.2, 0.25) is 0 Å². The summed E-state index contributed by atoms with van der Waals surface area (Å²) in [6.45, 7) is 9.17. The van der Waals surface area contributed by atoms with E-state index in [1.165, 1.54) is 42.5 Å². The second-order valence-electron chi connectivity index (χ2n) is 6.44. The van der Waals surface area contributed by atoms with E-state index in [-0.39, 0.29) is 0 Å². The largest absolute Gasteiger partial charge is 0.354 e. The van der Waals surface area contributed by atoms with E-state index in [1.54, 1.807) is 0 Å². The summed E-state index contributed by atoms with van der Waals surface area (Å²) in [6.07, 6.45) is 4.70. The minimum absolute atomic E-state index is 0.601. The van der Waals surface area contributed by atoms with Crippen molar-refractivity contribution in [3.8, 4) is 0 Å². The summed E-state index contributed by atoms with van der Waals surface area (Å²) in [5.74, 6) is 1.20. The summed E-state index contributed by atoms with van der Waals surface area (Å²) in [6, 6.07) is 15.2. The minimum atomic E-state index is 0.601. The maximum Gasteiger partial charge on any atom is 0.0528 e. The molecule has 0 aromatic heterocycles. The van der Waals surface area contributed by atoms with Gasteiger partial charge in [-0.05, 0) is 76.7 Å². The zero-order chi connectivity index (χ0) is 17.5. The average Bonchev–Trinajstić information content (AvgIpc) is 2.61. The van der Waals surface area contributed by atoms with Gasteiger partial charge in [0.15, 0.2) is 0 Å². The number of benzene rings is 2. The molecular formula is C22H30BrN. The van der Waals surface area contributed by atoms with Gasteiger partial charge in [0.25, 0.3) is 0 Å². The Hall–Kier alpha value is -1.28. The molecule has 2 rings (SSSR count). The summed E-state index contributed by atoms with van der Waals surface area (Å²) in [5, 5.41) is 3.76. The number of nitrogens with one attached hydrogen (secondary N) is 1. The molecule has 1 nitrogen and oxygen atoms in total. The summed E-state index contributed by atoms with van der Waals surface area (Å²) >= 11 is 3.68. The molecule has 24 heavy (non-hydrogen) atoms. The molecule has 0 saturated heterocycles. The van der Waals surface area contributed by atoms with E-state index in [0.717, 1.165) is 10.2 Å². The molecule has 2 heteroatoms. The summed E-state index contributed by atoms with van der Waals surface area (Å²) < 4.78 is 1.11. The second-order valence-corrected chi connectivity index (χ2v) is 7.30. The summed E-state index contributed by atoms with van der Waals surface area (Å²) in [5.41, 5.74) is 5.38. The monoisotopic (exact) mass is 387 g/mol. The van der Waals surface area contributed by atoms with Crippen molar-refractivity contribution in [2.24, 2.45) is 0 Å². The zero-order valence-electron chi connectivity index (χ0n) is 15.4. The van der Waals surface area contributed by atoms with Crippen LogP contribution in [0.1, 0.15) is 76.3 Å². The van der Waals surface area contributed by atoms with Crippen LogP contribution in [0.25, 0.3) is 0 Å². The predicted molar refractivity (Wildman–Crippen MR) is 111 cm³/mol. The molecule has 0 fully saturated rings. The molecule has 2 aromatic carbocycles. The fourth-order valence-electron chi connectivity index (χ4n) is 3.57. The average molecular weight is 388 g/mol. The van der Waals surface area contributed by atoms with Crippen LogP contribution in [-0.2, 0) is 0 Å². The van der Waals surface area contributed by atoms with E-state index in [9.17, 15) is 0 Å². The number of hydrogen-bond acceptors (Lipinski definition) is 1. The van der Waals surface area contributed by atoms with Gasteiger partial charge in [-0.2, -0.15) is 0 Å². The van der Waals surface area contributed by atoms with Crippen LogP contribution in [0.5, 0.6) is 0 Å². The Morgan fingerprint density at radius 1 is 0.750 bits per heavy atom. The molecule has 0 radical (unpaired) electrons. The van der Waals surface area contributed by atoms with E-state index in [1.807, 2.05) is 0 Å². The quantitative estimate of drug-likeness (QED) is 0.483. The molecule has 0 aliphatic carbocycles. The molecule has 0 aliphatic rings. The topological polar surface area (TPSA) is 12.0 Å². The number of para-hydroxylation sites is 2. The molecule has 0 bridgehead atoms. The third-order valence-corrected chi connectivity index (χ3v) is 5.80. The highest BCUT2D eigenvalue weighted by atomic mass is 79.9. The molecule has 0 saturated carbocycles. The highest BCUT2D eigenvalue weighted by Gasteiger charge is 2.19. The normalized spacial score (nSPS) is 11.3. The van der Waals surface area contributed by atoms with Crippen LogP contribution < -0.4 is 5.32 Å². The lowest BCUT2D eigenvalue weighted by atomic mass is 9.85. The molecule has 0 atom stereocenters. The van der Waals surface area contributed by atoms with Crippen molar-refractivity contribution in [2.75, 3.05) is 5.32 Å². The van der Waals surface area contributed by atoms with E-state index in [4.69, 9.17) is 0 Å². The number of rotatable bonds is 8. The van der Waals surface area contributed by atoms with E-state index >= 15 is 0 Å². The highest BCUT2D eigenvalue weighted by molar-refractivity contribution is 9.10.